The van der Waals surface area contributed by atoms with Crippen molar-refractivity contribution in [2.45, 2.75) is 13.8 Å². The van der Waals surface area contributed by atoms with Gasteiger partial charge in [0, 0.05) is 11.8 Å². The molecular weight excluding hydrogens is 209 g/mol. The van der Waals surface area contributed by atoms with Crippen molar-refractivity contribution in [3.05, 3.63) is 35.7 Å². The number of hydrogen-bond acceptors (Lipinski definition) is 3. The van der Waals surface area contributed by atoms with E-state index < -0.39 is 5.82 Å². The maximum absolute atomic E-state index is 13.2. The molecule has 1 aromatic rings. The summed E-state index contributed by atoms with van der Waals surface area (Å²) in [5.41, 5.74) is 6.74. The van der Waals surface area contributed by atoms with Gasteiger partial charge in [0.1, 0.15) is 0 Å². The van der Waals surface area contributed by atoms with Gasteiger partial charge >= 0.3 is 0 Å². The molecule has 86 valence electrons. The third kappa shape index (κ3) is 3.73. The number of carbonyl (C=O) groups is 1. The number of benzene rings is 1. The van der Waals surface area contributed by atoms with Crippen molar-refractivity contribution in [2.24, 2.45) is 0 Å². The Labute approximate surface area is 93.7 Å². The van der Waals surface area contributed by atoms with E-state index in [-0.39, 0.29) is 18.1 Å². The van der Waals surface area contributed by atoms with Gasteiger partial charge in [-0.05, 0) is 32.1 Å². The lowest BCUT2D eigenvalue weighted by Gasteiger charge is -2.05. The van der Waals surface area contributed by atoms with Gasteiger partial charge in [-0.25, -0.2) is 4.39 Å². The Morgan fingerprint density at radius 3 is 2.81 bits per heavy atom. The molecule has 0 atom stereocenters. The van der Waals surface area contributed by atoms with E-state index in [2.05, 4.69) is 0 Å². The molecule has 0 aliphatic heterocycles. The smallest absolute Gasteiger partial charge is 0.192 e. The average Bonchev–Trinajstić information content (AvgIpc) is 2.18. The Hall–Kier alpha value is -1.84. The second-order valence-corrected chi connectivity index (χ2v) is 3.67. The lowest BCUT2D eigenvalue weighted by atomic mass is 10.2. The zero-order valence-electron chi connectivity index (χ0n) is 9.29. The first-order chi connectivity index (χ1) is 7.49. The number of allylic oxidation sites excluding steroid dienone is 1. The van der Waals surface area contributed by atoms with Crippen LogP contribution in [0.3, 0.4) is 0 Å². The van der Waals surface area contributed by atoms with Crippen LogP contribution >= 0.6 is 0 Å². The highest BCUT2D eigenvalue weighted by atomic mass is 19.1. The average molecular weight is 223 g/mol. The van der Waals surface area contributed by atoms with E-state index in [0.29, 0.717) is 5.69 Å². The fourth-order valence-corrected chi connectivity index (χ4v) is 1.14. The first-order valence-electron chi connectivity index (χ1n) is 4.84. The molecule has 0 bridgehead atoms. The minimum absolute atomic E-state index is 0.00416. The van der Waals surface area contributed by atoms with Crippen LogP contribution in [0.4, 0.5) is 10.1 Å². The van der Waals surface area contributed by atoms with Gasteiger partial charge in [-0.2, -0.15) is 0 Å². The van der Waals surface area contributed by atoms with Gasteiger partial charge in [0.05, 0.1) is 0 Å². The third-order valence-electron chi connectivity index (χ3n) is 1.77. The van der Waals surface area contributed by atoms with Crippen molar-refractivity contribution < 1.29 is 13.9 Å². The minimum Gasteiger partial charge on any atom is -0.482 e. The molecule has 3 nitrogen and oxygen atoms in total. The summed E-state index contributed by atoms with van der Waals surface area (Å²) in [6, 6.07) is 3.99. The molecule has 4 heteroatoms. The molecule has 1 rings (SSSR count). The van der Waals surface area contributed by atoms with Crippen molar-refractivity contribution in [1.82, 2.24) is 0 Å². The van der Waals surface area contributed by atoms with E-state index in [4.69, 9.17) is 10.5 Å². The van der Waals surface area contributed by atoms with Crippen molar-refractivity contribution in [1.29, 1.82) is 0 Å². The van der Waals surface area contributed by atoms with Crippen molar-refractivity contribution in [3.8, 4) is 5.75 Å². The SMILES string of the molecule is CC(C)=CC(=O)COc1cc(N)ccc1F. The topological polar surface area (TPSA) is 52.3 Å². The number of nitrogens with two attached hydrogens (primary N) is 1. The van der Waals surface area contributed by atoms with Crippen LogP contribution in [0.1, 0.15) is 13.8 Å². The summed E-state index contributed by atoms with van der Waals surface area (Å²) >= 11 is 0. The van der Waals surface area contributed by atoms with Gasteiger partial charge in [0.15, 0.2) is 24.0 Å². The summed E-state index contributed by atoms with van der Waals surface area (Å²) in [6.07, 6.45) is 1.45. The molecule has 2 N–H and O–H groups in total. The maximum atomic E-state index is 13.2. The number of halogens is 1. The first-order valence-corrected chi connectivity index (χ1v) is 4.84. The number of ether oxygens (including phenoxy) is 1. The van der Waals surface area contributed by atoms with Gasteiger partial charge in [-0.15, -0.1) is 0 Å². The molecule has 0 amide bonds. The van der Waals surface area contributed by atoms with Gasteiger partial charge in [0.25, 0.3) is 0 Å². The highest BCUT2D eigenvalue weighted by molar-refractivity contribution is 5.91. The molecule has 16 heavy (non-hydrogen) atoms. The van der Waals surface area contributed by atoms with Gasteiger partial charge in [-0.1, -0.05) is 5.57 Å². The van der Waals surface area contributed by atoms with Crippen LogP contribution in [0.25, 0.3) is 0 Å². The second kappa shape index (κ2) is 5.30. The zero-order valence-corrected chi connectivity index (χ0v) is 9.29. The Morgan fingerprint density at radius 2 is 2.19 bits per heavy atom. The van der Waals surface area contributed by atoms with Gasteiger partial charge < -0.3 is 10.5 Å². The van der Waals surface area contributed by atoms with Crippen molar-refractivity contribution in [3.63, 3.8) is 0 Å². The van der Waals surface area contributed by atoms with Crippen molar-refractivity contribution >= 4 is 11.5 Å². The molecule has 0 saturated heterocycles. The van der Waals surface area contributed by atoms with Crippen LogP contribution in [0.15, 0.2) is 29.8 Å². The van der Waals surface area contributed by atoms with Gasteiger partial charge in [0.2, 0.25) is 0 Å². The van der Waals surface area contributed by atoms with E-state index in [0.717, 1.165) is 5.57 Å². The van der Waals surface area contributed by atoms with E-state index in [1.54, 1.807) is 13.8 Å². The predicted molar refractivity (Wildman–Crippen MR) is 60.7 cm³/mol. The van der Waals surface area contributed by atoms with Gasteiger partial charge in [-0.3, -0.25) is 4.79 Å². The minimum atomic E-state index is -0.529. The molecule has 0 aromatic heterocycles. The number of ketones is 1. The van der Waals surface area contributed by atoms with Crippen LogP contribution in [0, 0.1) is 5.82 Å². The molecule has 0 spiro atoms. The van der Waals surface area contributed by atoms with E-state index in [1.165, 1.54) is 24.3 Å². The molecule has 1 aromatic carbocycles. The van der Waals surface area contributed by atoms with Crippen molar-refractivity contribution in [2.75, 3.05) is 12.3 Å². The lowest BCUT2D eigenvalue weighted by Crippen LogP contribution is -2.09. The Morgan fingerprint density at radius 1 is 1.50 bits per heavy atom. The monoisotopic (exact) mass is 223 g/mol. The van der Waals surface area contributed by atoms with Crippen LogP contribution in [0.2, 0.25) is 0 Å². The van der Waals surface area contributed by atoms with E-state index in [9.17, 15) is 9.18 Å². The number of nitrogen functional groups attached to an aromatic ring is 1. The summed E-state index contributed by atoms with van der Waals surface area (Å²) < 4.78 is 18.2. The molecule has 0 aliphatic carbocycles. The number of carbonyl (C=O) groups excluding carboxylic acids is 1. The Balaban J connectivity index is 2.64. The third-order valence-corrected chi connectivity index (χ3v) is 1.77. The molecule has 0 heterocycles. The predicted octanol–water partition coefficient (Wildman–Crippen LogP) is 2.32. The fraction of sp³-hybridized carbons (Fsp3) is 0.250. The summed E-state index contributed by atoms with van der Waals surface area (Å²) in [4.78, 5) is 11.3. The maximum Gasteiger partial charge on any atom is 0.192 e. The molecule has 0 radical (unpaired) electrons. The number of rotatable bonds is 4. The molecular formula is C12H14FNO2. The Bertz CT molecular complexity index is 423. The van der Waals surface area contributed by atoms with Crippen LogP contribution in [0.5, 0.6) is 5.75 Å². The Kier molecular flexibility index (Phi) is 4.05. The second-order valence-electron chi connectivity index (χ2n) is 3.67. The summed E-state index contributed by atoms with van der Waals surface area (Å²) in [6.45, 7) is 3.42. The zero-order chi connectivity index (χ0) is 12.1. The summed E-state index contributed by atoms with van der Waals surface area (Å²) in [5.74, 6) is -0.739. The van der Waals surface area contributed by atoms with E-state index in [1.807, 2.05) is 0 Å². The van der Waals surface area contributed by atoms with Crippen LogP contribution in [-0.2, 0) is 4.79 Å². The molecule has 0 unspecified atom stereocenters. The van der Waals surface area contributed by atoms with E-state index >= 15 is 0 Å². The van der Waals surface area contributed by atoms with Crippen LogP contribution in [-0.4, -0.2) is 12.4 Å². The molecule has 0 aliphatic rings. The number of anilines is 1. The summed E-state index contributed by atoms with van der Waals surface area (Å²) in [7, 11) is 0. The highest BCUT2D eigenvalue weighted by Gasteiger charge is 2.05. The highest BCUT2D eigenvalue weighted by Crippen LogP contribution is 2.19. The summed E-state index contributed by atoms with van der Waals surface area (Å²) in [5, 5.41) is 0. The molecule has 0 fully saturated rings. The fourth-order valence-electron chi connectivity index (χ4n) is 1.14. The standard InChI is InChI=1S/C12H14FNO2/c1-8(2)5-10(15)7-16-12-6-9(14)3-4-11(12)13/h3-6H,7,14H2,1-2H3. The number of hydrogen-bond donors (Lipinski definition) is 1. The quantitative estimate of drug-likeness (QED) is 0.629. The lowest BCUT2D eigenvalue weighted by molar-refractivity contribution is -0.116. The molecule has 0 saturated carbocycles. The van der Waals surface area contributed by atoms with Crippen LogP contribution < -0.4 is 10.5 Å². The normalized spacial score (nSPS) is 9.69. The largest absolute Gasteiger partial charge is 0.482 e. The first kappa shape index (κ1) is 12.2.